The van der Waals surface area contributed by atoms with Crippen molar-refractivity contribution in [3.63, 3.8) is 0 Å². The average molecular weight is 359 g/mol. The third-order valence-corrected chi connectivity index (χ3v) is 5.29. The molecule has 0 radical (unpaired) electrons. The highest BCUT2D eigenvalue weighted by atomic mass is 19.1. The molecular weight excluding hydrogens is 327 g/mol. The summed E-state index contributed by atoms with van der Waals surface area (Å²) in [5, 5.41) is 4.26. The molecule has 0 spiro atoms. The predicted molar refractivity (Wildman–Crippen MR) is 104 cm³/mol. The molecule has 0 saturated carbocycles. The van der Waals surface area contributed by atoms with E-state index in [0.29, 0.717) is 0 Å². The largest absolute Gasteiger partial charge is 0.306 e. The van der Waals surface area contributed by atoms with Crippen LogP contribution < -0.4 is 0 Å². The van der Waals surface area contributed by atoms with Crippen LogP contribution in [0, 0.1) is 11.7 Å². The fourth-order valence-electron chi connectivity index (χ4n) is 3.91. The highest BCUT2D eigenvalue weighted by Gasteiger charge is 2.20. The molecule has 0 N–H and O–H groups in total. The Labute approximate surface area is 156 Å². The van der Waals surface area contributed by atoms with Gasteiger partial charge in [0.2, 0.25) is 0 Å². The van der Waals surface area contributed by atoms with Gasteiger partial charge < -0.3 is 9.80 Å². The summed E-state index contributed by atoms with van der Waals surface area (Å²) in [7, 11) is 2.24. The van der Waals surface area contributed by atoms with E-state index < -0.39 is 0 Å². The number of aromatic nitrogens is 2. The van der Waals surface area contributed by atoms with Gasteiger partial charge >= 0.3 is 0 Å². The van der Waals surface area contributed by atoms with Crippen LogP contribution in [-0.4, -0.2) is 59.4 Å². The van der Waals surface area contributed by atoms with Crippen LogP contribution in [0.5, 0.6) is 0 Å². The molecule has 142 valence electrons. The maximum atomic E-state index is 13.0. The van der Waals surface area contributed by atoms with Crippen LogP contribution in [0.3, 0.4) is 0 Å². The Bertz CT molecular complexity index is 626. The van der Waals surface area contributed by atoms with Crippen molar-refractivity contribution in [2.45, 2.75) is 32.2 Å². The zero-order chi connectivity index (χ0) is 18.2. The van der Waals surface area contributed by atoms with Crippen LogP contribution in [0.2, 0.25) is 0 Å². The number of likely N-dealkylation sites (tertiary alicyclic amines) is 1. The molecule has 0 bridgehead atoms. The smallest absolute Gasteiger partial charge is 0.123 e. The Hall–Kier alpha value is -1.72. The van der Waals surface area contributed by atoms with Crippen LogP contribution in [0.1, 0.15) is 24.8 Å². The highest BCUT2D eigenvalue weighted by Crippen LogP contribution is 2.18. The molecule has 1 atom stereocenters. The van der Waals surface area contributed by atoms with Crippen molar-refractivity contribution in [2.24, 2.45) is 5.92 Å². The number of rotatable bonds is 9. The van der Waals surface area contributed by atoms with Gasteiger partial charge in [0, 0.05) is 38.6 Å². The van der Waals surface area contributed by atoms with E-state index in [1.54, 1.807) is 12.1 Å². The topological polar surface area (TPSA) is 24.3 Å². The Balaban J connectivity index is 1.35. The fourth-order valence-corrected chi connectivity index (χ4v) is 3.91. The van der Waals surface area contributed by atoms with Gasteiger partial charge in [0.1, 0.15) is 5.82 Å². The molecule has 2 heterocycles. The van der Waals surface area contributed by atoms with Gasteiger partial charge in [-0.25, -0.2) is 4.39 Å². The molecule has 26 heavy (non-hydrogen) atoms. The summed E-state index contributed by atoms with van der Waals surface area (Å²) >= 11 is 0. The SMILES string of the molecule is CN(CCCn1cccn1)C[C@H]1CCCN(CCc2ccc(F)cc2)C1. The van der Waals surface area contributed by atoms with Gasteiger partial charge in [-0.1, -0.05) is 12.1 Å². The van der Waals surface area contributed by atoms with Gasteiger partial charge in [0.15, 0.2) is 0 Å². The normalized spacial score (nSPS) is 18.5. The quantitative estimate of drug-likeness (QED) is 0.687. The zero-order valence-corrected chi connectivity index (χ0v) is 15.9. The first kappa shape index (κ1) is 19.1. The number of aryl methyl sites for hydroxylation is 1. The van der Waals surface area contributed by atoms with Crippen molar-refractivity contribution in [3.05, 3.63) is 54.1 Å². The molecule has 1 saturated heterocycles. The van der Waals surface area contributed by atoms with Crippen LogP contribution >= 0.6 is 0 Å². The average Bonchev–Trinajstić information content (AvgIpc) is 3.15. The van der Waals surface area contributed by atoms with Crippen LogP contribution in [-0.2, 0) is 13.0 Å². The van der Waals surface area contributed by atoms with Crippen molar-refractivity contribution in [2.75, 3.05) is 39.8 Å². The lowest BCUT2D eigenvalue weighted by molar-refractivity contribution is 0.143. The summed E-state index contributed by atoms with van der Waals surface area (Å²) in [6, 6.07) is 8.92. The van der Waals surface area contributed by atoms with E-state index in [4.69, 9.17) is 0 Å². The van der Waals surface area contributed by atoms with E-state index in [2.05, 4.69) is 21.9 Å². The lowest BCUT2D eigenvalue weighted by Gasteiger charge is -2.34. The highest BCUT2D eigenvalue weighted by molar-refractivity contribution is 5.16. The number of piperidine rings is 1. The summed E-state index contributed by atoms with van der Waals surface area (Å²) < 4.78 is 15.0. The minimum Gasteiger partial charge on any atom is -0.306 e. The molecule has 0 amide bonds. The lowest BCUT2D eigenvalue weighted by atomic mass is 9.97. The molecule has 1 fully saturated rings. The van der Waals surface area contributed by atoms with Gasteiger partial charge in [-0.2, -0.15) is 5.10 Å². The van der Waals surface area contributed by atoms with Gasteiger partial charge in [0.05, 0.1) is 0 Å². The molecule has 0 unspecified atom stereocenters. The molecule has 3 rings (SSSR count). The first-order chi connectivity index (χ1) is 12.7. The number of hydrogen-bond acceptors (Lipinski definition) is 3. The molecule has 1 aliphatic heterocycles. The van der Waals surface area contributed by atoms with Crippen molar-refractivity contribution in [1.29, 1.82) is 0 Å². The third-order valence-electron chi connectivity index (χ3n) is 5.29. The first-order valence-electron chi connectivity index (χ1n) is 9.82. The minimum absolute atomic E-state index is 0.151. The van der Waals surface area contributed by atoms with Crippen molar-refractivity contribution < 1.29 is 4.39 Å². The second-order valence-corrected chi connectivity index (χ2v) is 7.57. The van der Waals surface area contributed by atoms with Crippen LogP contribution in [0.4, 0.5) is 4.39 Å². The van der Waals surface area contributed by atoms with Crippen LogP contribution in [0.15, 0.2) is 42.7 Å². The lowest BCUT2D eigenvalue weighted by Crippen LogP contribution is -2.41. The van der Waals surface area contributed by atoms with Gasteiger partial charge in [-0.15, -0.1) is 0 Å². The fraction of sp³-hybridized carbons (Fsp3) is 0.571. The van der Waals surface area contributed by atoms with E-state index in [-0.39, 0.29) is 5.82 Å². The van der Waals surface area contributed by atoms with Gasteiger partial charge in [-0.3, -0.25) is 4.68 Å². The number of benzene rings is 1. The molecule has 5 heteroatoms. The Kier molecular flexibility index (Phi) is 7.21. The van der Waals surface area contributed by atoms with E-state index in [0.717, 1.165) is 38.4 Å². The van der Waals surface area contributed by atoms with E-state index >= 15 is 0 Å². The third kappa shape index (κ3) is 6.22. The number of nitrogens with zero attached hydrogens (tertiary/aromatic N) is 4. The summed E-state index contributed by atoms with van der Waals surface area (Å²) in [5.74, 6) is 0.606. The maximum absolute atomic E-state index is 13.0. The molecule has 1 aromatic heterocycles. The Morgan fingerprint density at radius 2 is 2.08 bits per heavy atom. The molecule has 4 nitrogen and oxygen atoms in total. The van der Waals surface area contributed by atoms with Gasteiger partial charge in [-0.05, 0) is 75.5 Å². The standard InChI is InChI=1S/C21H31FN4/c1-24(12-4-15-26-14-3-11-23-26)17-20-5-2-13-25(18-20)16-10-19-6-8-21(22)9-7-19/h3,6-9,11,14,20H,2,4-5,10,12-13,15-18H2,1H3/t20-/m1/s1. The summed E-state index contributed by atoms with van der Waals surface area (Å²) in [6.07, 6.45) is 8.63. The number of halogens is 1. The Morgan fingerprint density at radius 3 is 2.85 bits per heavy atom. The van der Waals surface area contributed by atoms with Crippen molar-refractivity contribution >= 4 is 0 Å². The minimum atomic E-state index is -0.151. The van der Waals surface area contributed by atoms with E-state index in [1.165, 1.54) is 38.0 Å². The van der Waals surface area contributed by atoms with Crippen LogP contribution in [0.25, 0.3) is 0 Å². The summed E-state index contributed by atoms with van der Waals surface area (Å²) in [4.78, 5) is 5.05. The maximum Gasteiger partial charge on any atom is 0.123 e. The summed E-state index contributed by atoms with van der Waals surface area (Å²) in [5.41, 5.74) is 1.23. The van der Waals surface area contributed by atoms with Crippen molar-refractivity contribution in [3.8, 4) is 0 Å². The molecule has 0 aliphatic carbocycles. The molecule has 1 aliphatic rings. The predicted octanol–water partition coefficient (Wildman–Crippen LogP) is 3.30. The number of hydrogen-bond donors (Lipinski definition) is 0. The second kappa shape index (κ2) is 9.83. The Morgan fingerprint density at radius 1 is 1.23 bits per heavy atom. The molecular formula is C21H31FN4. The van der Waals surface area contributed by atoms with Gasteiger partial charge in [0.25, 0.3) is 0 Å². The monoisotopic (exact) mass is 358 g/mol. The second-order valence-electron chi connectivity index (χ2n) is 7.57. The zero-order valence-electron chi connectivity index (χ0n) is 15.9. The van der Waals surface area contributed by atoms with E-state index in [1.807, 2.05) is 35.3 Å². The first-order valence-corrected chi connectivity index (χ1v) is 9.82. The van der Waals surface area contributed by atoms with E-state index in [9.17, 15) is 4.39 Å². The summed E-state index contributed by atoms with van der Waals surface area (Å²) in [6.45, 7) is 6.74. The molecule has 1 aromatic carbocycles. The molecule has 2 aromatic rings. The van der Waals surface area contributed by atoms with Crippen molar-refractivity contribution in [1.82, 2.24) is 19.6 Å².